The van der Waals surface area contributed by atoms with E-state index in [1.807, 2.05) is 6.07 Å². The zero-order valence-corrected chi connectivity index (χ0v) is 16.6. The number of aryl methyl sites for hydroxylation is 1. The zero-order chi connectivity index (χ0) is 18.6. The number of benzene rings is 2. The predicted molar refractivity (Wildman–Crippen MR) is 106 cm³/mol. The first kappa shape index (κ1) is 20.3. The van der Waals surface area contributed by atoms with Crippen LogP contribution in [0.1, 0.15) is 24.5 Å². The van der Waals surface area contributed by atoms with Crippen LogP contribution in [0.25, 0.3) is 0 Å². The van der Waals surface area contributed by atoms with Crippen molar-refractivity contribution in [1.29, 1.82) is 5.41 Å². The van der Waals surface area contributed by atoms with Crippen molar-refractivity contribution in [2.45, 2.75) is 32.0 Å². The van der Waals surface area contributed by atoms with Crippen molar-refractivity contribution in [2.24, 2.45) is 5.73 Å². The molecule has 0 aliphatic rings. The van der Waals surface area contributed by atoms with Gasteiger partial charge in [-0.3, -0.25) is 5.41 Å². The molecule has 0 fully saturated rings. The lowest BCUT2D eigenvalue weighted by molar-refractivity contribution is 0.00145. The summed E-state index contributed by atoms with van der Waals surface area (Å²) in [5.41, 5.74) is 6.54. The molecule has 0 amide bonds. The SMILES string of the molecule is CC(CCc1ccc(Cl)cc1Cl)(OCc1ccc(Cl)cc1Cl)C(=N)N. The molecule has 3 N–H and O–H groups in total. The summed E-state index contributed by atoms with van der Waals surface area (Å²) in [5.74, 6) is -0.0531. The zero-order valence-electron chi connectivity index (χ0n) is 13.6. The molecular formula is C18H18Cl4N2O. The van der Waals surface area contributed by atoms with Gasteiger partial charge in [0.05, 0.1) is 6.61 Å². The third-order valence-electron chi connectivity index (χ3n) is 4.02. The van der Waals surface area contributed by atoms with Crippen LogP contribution >= 0.6 is 46.4 Å². The molecule has 7 heteroatoms. The fourth-order valence-corrected chi connectivity index (χ4v) is 3.22. The average molecular weight is 420 g/mol. The van der Waals surface area contributed by atoms with Gasteiger partial charge in [0.1, 0.15) is 11.4 Å². The second kappa shape index (κ2) is 8.61. The quantitative estimate of drug-likeness (QED) is 0.417. The Balaban J connectivity index is 2.08. The number of rotatable bonds is 7. The minimum absolute atomic E-state index is 0.0531. The van der Waals surface area contributed by atoms with Crippen molar-refractivity contribution in [3.63, 3.8) is 0 Å². The molecule has 2 rings (SSSR count). The van der Waals surface area contributed by atoms with Crippen molar-refractivity contribution in [3.05, 3.63) is 67.6 Å². The van der Waals surface area contributed by atoms with E-state index in [0.29, 0.717) is 32.9 Å². The standard InChI is InChI=1S/C18H18Cl4N2O/c1-18(17(23)24,7-6-11-2-4-13(19)8-15(11)21)25-10-12-3-5-14(20)9-16(12)22/h2-5,8-9H,6-7,10H2,1H3,(H3,23,24). The number of hydrogen-bond acceptors (Lipinski definition) is 2. The van der Waals surface area contributed by atoms with Crippen LogP contribution in [0.2, 0.25) is 20.1 Å². The summed E-state index contributed by atoms with van der Waals surface area (Å²) in [4.78, 5) is 0. The molecule has 134 valence electrons. The molecule has 2 aromatic rings. The summed E-state index contributed by atoms with van der Waals surface area (Å²) in [6, 6.07) is 10.5. The molecule has 0 bridgehead atoms. The third kappa shape index (κ3) is 5.50. The van der Waals surface area contributed by atoms with Gasteiger partial charge in [-0.05, 0) is 55.2 Å². The maximum Gasteiger partial charge on any atom is 0.123 e. The summed E-state index contributed by atoms with van der Waals surface area (Å²) in [7, 11) is 0. The smallest absolute Gasteiger partial charge is 0.123 e. The van der Waals surface area contributed by atoms with Gasteiger partial charge in [-0.15, -0.1) is 0 Å². The van der Waals surface area contributed by atoms with E-state index >= 15 is 0 Å². The van der Waals surface area contributed by atoms with Crippen molar-refractivity contribution >= 4 is 52.2 Å². The Morgan fingerprint density at radius 1 is 1.00 bits per heavy atom. The van der Waals surface area contributed by atoms with Gasteiger partial charge in [0.25, 0.3) is 0 Å². The molecule has 1 unspecified atom stereocenters. The van der Waals surface area contributed by atoms with E-state index in [4.69, 9.17) is 62.3 Å². The number of amidine groups is 1. The Labute approximate surface area is 167 Å². The van der Waals surface area contributed by atoms with Crippen molar-refractivity contribution in [2.75, 3.05) is 0 Å². The summed E-state index contributed by atoms with van der Waals surface area (Å²) < 4.78 is 5.94. The minimum Gasteiger partial charge on any atom is -0.385 e. The highest BCUT2D eigenvalue weighted by molar-refractivity contribution is 6.35. The first-order chi connectivity index (χ1) is 11.7. The van der Waals surface area contributed by atoms with Crippen LogP contribution in [0, 0.1) is 5.41 Å². The Kier molecular flexibility index (Phi) is 7.01. The van der Waals surface area contributed by atoms with E-state index in [1.165, 1.54) is 0 Å². The topological polar surface area (TPSA) is 59.1 Å². The monoisotopic (exact) mass is 418 g/mol. The number of nitrogens with two attached hydrogens (primary N) is 1. The fourth-order valence-electron chi connectivity index (χ4n) is 2.26. The molecule has 2 aromatic carbocycles. The molecule has 0 saturated carbocycles. The maximum atomic E-state index is 7.90. The van der Waals surface area contributed by atoms with Gasteiger partial charge in [-0.25, -0.2) is 0 Å². The molecule has 0 saturated heterocycles. The normalized spacial score (nSPS) is 13.5. The van der Waals surface area contributed by atoms with Gasteiger partial charge in [-0.1, -0.05) is 58.5 Å². The molecule has 0 aliphatic carbocycles. The minimum atomic E-state index is -0.939. The summed E-state index contributed by atoms with van der Waals surface area (Å²) in [6.07, 6.45) is 1.09. The van der Waals surface area contributed by atoms with E-state index in [0.717, 1.165) is 11.1 Å². The number of nitrogens with one attached hydrogen (secondary N) is 1. The summed E-state index contributed by atoms with van der Waals surface area (Å²) in [5, 5.41) is 10.1. The summed E-state index contributed by atoms with van der Waals surface area (Å²) >= 11 is 24.2. The van der Waals surface area contributed by atoms with E-state index < -0.39 is 5.60 Å². The summed E-state index contributed by atoms with van der Waals surface area (Å²) in [6.45, 7) is 2.00. The Morgan fingerprint density at radius 3 is 2.00 bits per heavy atom. The number of hydrogen-bond donors (Lipinski definition) is 2. The van der Waals surface area contributed by atoms with Gasteiger partial charge < -0.3 is 10.5 Å². The third-order valence-corrected chi connectivity index (χ3v) is 5.19. The predicted octanol–water partition coefficient (Wildman–Crippen LogP) is 6.14. The van der Waals surface area contributed by atoms with E-state index in [-0.39, 0.29) is 12.4 Å². The van der Waals surface area contributed by atoms with Gasteiger partial charge >= 0.3 is 0 Å². The lowest BCUT2D eigenvalue weighted by Gasteiger charge is -2.29. The first-order valence-corrected chi connectivity index (χ1v) is 9.09. The molecule has 25 heavy (non-hydrogen) atoms. The van der Waals surface area contributed by atoms with Crippen LogP contribution in [0.15, 0.2) is 36.4 Å². The van der Waals surface area contributed by atoms with Crippen molar-refractivity contribution in [3.8, 4) is 0 Å². The number of ether oxygens (including phenoxy) is 1. The molecule has 0 spiro atoms. The van der Waals surface area contributed by atoms with Gasteiger partial charge in [0, 0.05) is 20.1 Å². The average Bonchev–Trinajstić information content (AvgIpc) is 2.53. The van der Waals surface area contributed by atoms with Crippen LogP contribution in [-0.4, -0.2) is 11.4 Å². The molecule has 0 heterocycles. The van der Waals surface area contributed by atoms with E-state index in [2.05, 4.69) is 0 Å². The van der Waals surface area contributed by atoms with Gasteiger partial charge in [0.2, 0.25) is 0 Å². The maximum absolute atomic E-state index is 7.90. The van der Waals surface area contributed by atoms with Crippen LogP contribution in [-0.2, 0) is 17.8 Å². The van der Waals surface area contributed by atoms with Crippen LogP contribution < -0.4 is 5.73 Å². The van der Waals surface area contributed by atoms with E-state index in [1.54, 1.807) is 37.3 Å². The van der Waals surface area contributed by atoms with Crippen LogP contribution in [0.4, 0.5) is 0 Å². The second-order valence-corrected chi connectivity index (χ2v) is 7.59. The molecule has 3 nitrogen and oxygen atoms in total. The molecule has 0 aliphatic heterocycles. The van der Waals surface area contributed by atoms with E-state index in [9.17, 15) is 0 Å². The van der Waals surface area contributed by atoms with Crippen molar-refractivity contribution < 1.29 is 4.74 Å². The Hall–Kier alpha value is -0.970. The van der Waals surface area contributed by atoms with Gasteiger partial charge in [-0.2, -0.15) is 0 Å². The highest BCUT2D eigenvalue weighted by Gasteiger charge is 2.29. The highest BCUT2D eigenvalue weighted by atomic mass is 35.5. The largest absolute Gasteiger partial charge is 0.385 e. The molecule has 0 radical (unpaired) electrons. The lowest BCUT2D eigenvalue weighted by Crippen LogP contribution is -2.43. The van der Waals surface area contributed by atoms with Crippen LogP contribution in [0.5, 0.6) is 0 Å². The first-order valence-electron chi connectivity index (χ1n) is 7.57. The molecule has 1 atom stereocenters. The fraction of sp³-hybridized carbons (Fsp3) is 0.278. The second-order valence-electron chi connectivity index (χ2n) is 5.90. The number of halogens is 4. The lowest BCUT2D eigenvalue weighted by atomic mass is 9.95. The molecular weight excluding hydrogens is 402 g/mol. The van der Waals surface area contributed by atoms with Gasteiger partial charge in [0.15, 0.2) is 0 Å². The highest BCUT2D eigenvalue weighted by Crippen LogP contribution is 2.28. The Morgan fingerprint density at radius 2 is 1.52 bits per heavy atom. The molecule has 0 aromatic heterocycles. The van der Waals surface area contributed by atoms with Crippen LogP contribution in [0.3, 0.4) is 0 Å². The Bertz CT molecular complexity index is 724. The van der Waals surface area contributed by atoms with Crippen molar-refractivity contribution in [1.82, 2.24) is 0 Å².